The van der Waals surface area contributed by atoms with Crippen molar-refractivity contribution in [3.8, 4) is 0 Å². The topological polar surface area (TPSA) is 101 Å². The molecule has 1 aromatic carbocycles. The Hall–Kier alpha value is -3.13. The Balaban J connectivity index is 1.54. The van der Waals surface area contributed by atoms with Gasteiger partial charge in [0.15, 0.2) is 5.13 Å². The number of hydrogen-bond acceptors (Lipinski definition) is 5. The Labute approximate surface area is 160 Å². The number of rotatable bonds is 6. The first kappa shape index (κ1) is 18.7. The van der Waals surface area contributed by atoms with E-state index < -0.39 is 17.7 Å². The lowest BCUT2D eigenvalue weighted by Crippen LogP contribution is -2.28. The lowest BCUT2D eigenvalue weighted by atomic mass is 10.1. The SMILES string of the molecule is CCc1ccc(NC(=O)Cc2csc(NC(=O)C3C=CC=NC3=O)n2)cc1. The van der Waals surface area contributed by atoms with Crippen molar-refractivity contribution in [3.63, 3.8) is 0 Å². The van der Waals surface area contributed by atoms with Gasteiger partial charge in [-0.2, -0.15) is 0 Å². The van der Waals surface area contributed by atoms with Gasteiger partial charge in [0.2, 0.25) is 11.8 Å². The Morgan fingerprint density at radius 1 is 1.19 bits per heavy atom. The fourth-order valence-corrected chi connectivity index (χ4v) is 3.17. The first-order valence-electron chi connectivity index (χ1n) is 8.44. The van der Waals surface area contributed by atoms with Crippen molar-refractivity contribution in [1.29, 1.82) is 0 Å². The number of hydrogen-bond donors (Lipinski definition) is 2. The molecule has 27 heavy (non-hydrogen) atoms. The van der Waals surface area contributed by atoms with Crippen molar-refractivity contribution in [2.45, 2.75) is 19.8 Å². The number of carbonyl (C=O) groups excluding carboxylic acids is 3. The Morgan fingerprint density at radius 2 is 1.96 bits per heavy atom. The molecule has 1 aliphatic heterocycles. The maximum absolute atomic E-state index is 12.2. The molecule has 0 radical (unpaired) electrons. The number of aromatic nitrogens is 1. The number of dihydropyridines is 1. The van der Waals surface area contributed by atoms with E-state index in [2.05, 4.69) is 27.5 Å². The van der Waals surface area contributed by atoms with Gasteiger partial charge < -0.3 is 10.6 Å². The first-order chi connectivity index (χ1) is 13.0. The highest BCUT2D eigenvalue weighted by atomic mass is 32.1. The molecule has 8 heteroatoms. The number of nitrogens with one attached hydrogen (secondary N) is 2. The summed E-state index contributed by atoms with van der Waals surface area (Å²) in [6, 6.07) is 7.66. The summed E-state index contributed by atoms with van der Waals surface area (Å²) in [4.78, 5) is 43.7. The molecule has 1 aromatic heterocycles. The van der Waals surface area contributed by atoms with Gasteiger partial charge in [0, 0.05) is 17.3 Å². The quantitative estimate of drug-likeness (QED) is 0.750. The predicted octanol–water partition coefficient (Wildman–Crippen LogP) is 2.61. The van der Waals surface area contributed by atoms with E-state index in [1.165, 1.54) is 29.2 Å². The zero-order chi connectivity index (χ0) is 19.2. The van der Waals surface area contributed by atoms with E-state index in [4.69, 9.17) is 0 Å². The average Bonchev–Trinajstić information content (AvgIpc) is 3.09. The highest BCUT2D eigenvalue weighted by Crippen LogP contribution is 2.18. The van der Waals surface area contributed by atoms with Crippen LogP contribution in [0.3, 0.4) is 0 Å². The molecule has 1 atom stereocenters. The lowest BCUT2D eigenvalue weighted by Gasteiger charge is -2.09. The van der Waals surface area contributed by atoms with Crippen LogP contribution in [-0.4, -0.2) is 28.9 Å². The van der Waals surface area contributed by atoms with E-state index in [1.54, 1.807) is 11.5 Å². The summed E-state index contributed by atoms with van der Waals surface area (Å²) >= 11 is 1.20. The molecule has 0 bridgehead atoms. The molecule has 0 aliphatic carbocycles. The molecule has 7 nitrogen and oxygen atoms in total. The van der Waals surface area contributed by atoms with Crippen molar-refractivity contribution in [2.75, 3.05) is 10.6 Å². The summed E-state index contributed by atoms with van der Waals surface area (Å²) in [5.74, 6) is -2.14. The maximum Gasteiger partial charge on any atom is 0.262 e. The fourth-order valence-electron chi connectivity index (χ4n) is 2.46. The maximum atomic E-state index is 12.2. The number of carbonyl (C=O) groups is 3. The number of nitrogens with zero attached hydrogens (tertiary/aromatic N) is 2. The summed E-state index contributed by atoms with van der Waals surface area (Å²) in [5, 5.41) is 7.45. The van der Waals surface area contributed by atoms with Gasteiger partial charge in [-0.15, -0.1) is 11.3 Å². The zero-order valence-corrected chi connectivity index (χ0v) is 15.5. The van der Waals surface area contributed by atoms with E-state index in [9.17, 15) is 14.4 Å². The molecule has 3 amide bonds. The predicted molar refractivity (Wildman–Crippen MR) is 105 cm³/mol. The van der Waals surface area contributed by atoms with Crippen LogP contribution >= 0.6 is 11.3 Å². The number of allylic oxidation sites excluding steroid dienone is 1. The Kier molecular flexibility index (Phi) is 5.87. The molecule has 0 spiro atoms. The van der Waals surface area contributed by atoms with Crippen LogP contribution in [0.15, 0.2) is 46.8 Å². The van der Waals surface area contributed by atoms with Gasteiger partial charge in [-0.1, -0.05) is 25.1 Å². The molecule has 0 saturated carbocycles. The molecule has 1 unspecified atom stereocenters. The minimum absolute atomic E-state index is 0.0917. The molecule has 0 fully saturated rings. The van der Waals surface area contributed by atoms with E-state index in [0.29, 0.717) is 10.8 Å². The molecule has 2 heterocycles. The Morgan fingerprint density at radius 3 is 2.67 bits per heavy atom. The second kappa shape index (κ2) is 8.50. The smallest absolute Gasteiger partial charge is 0.262 e. The molecule has 2 aromatic rings. The van der Waals surface area contributed by atoms with Gasteiger partial charge >= 0.3 is 0 Å². The van der Waals surface area contributed by atoms with Crippen molar-refractivity contribution in [3.05, 3.63) is 53.1 Å². The molecule has 3 rings (SSSR count). The highest BCUT2D eigenvalue weighted by molar-refractivity contribution is 7.14. The average molecular weight is 382 g/mol. The van der Waals surface area contributed by atoms with Gasteiger partial charge in [-0.25, -0.2) is 9.98 Å². The van der Waals surface area contributed by atoms with Crippen LogP contribution in [-0.2, 0) is 27.2 Å². The second-order valence-electron chi connectivity index (χ2n) is 5.89. The molecular weight excluding hydrogens is 364 g/mol. The van der Waals surface area contributed by atoms with Crippen LogP contribution in [0.5, 0.6) is 0 Å². The molecule has 138 valence electrons. The molecular formula is C19H18N4O3S. The van der Waals surface area contributed by atoms with Crippen LogP contribution in [0.2, 0.25) is 0 Å². The fraction of sp³-hybridized carbons (Fsp3) is 0.211. The molecule has 2 N–H and O–H groups in total. The second-order valence-corrected chi connectivity index (χ2v) is 6.75. The van der Waals surface area contributed by atoms with Crippen LogP contribution in [0.1, 0.15) is 18.2 Å². The molecule has 1 aliphatic rings. The summed E-state index contributed by atoms with van der Waals surface area (Å²) in [6.07, 6.45) is 5.42. The lowest BCUT2D eigenvalue weighted by molar-refractivity contribution is -0.128. The van der Waals surface area contributed by atoms with Crippen molar-refractivity contribution in [2.24, 2.45) is 10.9 Å². The number of anilines is 2. The monoisotopic (exact) mass is 382 g/mol. The largest absolute Gasteiger partial charge is 0.326 e. The molecule has 0 saturated heterocycles. The third-order valence-electron chi connectivity index (χ3n) is 3.91. The van der Waals surface area contributed by atoms with E-state index in [1.807, 2.05) is 24.3 Å². The minimum Gasteiger partial charge on any atom is -0.326 e. The van der Waals surface area contributed by atoms with Crippen LogP contribution in [0, 0.1) is 5.92 Å². The van der Waals surface area contributed by atoms with Gasteiger partial charge in [0.25, 0.3) is 5.91 Å². The normalized spacial score (nSPS) is 15.6. The highest BCUT2D eigenvalue weighted by Gasteiger charge is 2.25. The summed E-state index contributed by atoms with van der Waals surface area (Å²) in [7, 11) is 0. The summed E-state index contributed by atoms with van der Waals surface area (Å²) in [6.45, 7) is 2.07. The minimum atomic E-state index is -0.947. The van der Waals surface area contributed by atoms with Crippen LogP contribution < -0.4 is 10.6 Å². The third-order valence-corrected chi connectivity index (χ3v) is 4.72. The van der Waals surface area contributed by atoms with Gasteiger partial charge in [-0.3, -0.25) is 14.4 Å². The number of amides is 3. The number of aryl methyl sites for hydroxylation is 1. The first-order valence-corrected chi connectivity index (χ1v) is 9.32. The van der Waals surface area contributed by atoms with Crippen molar-refractivity contribution in [1.82, 2.24) is 4.98 Å². The van der Waals surface area contributed by atoms with E-state index in [-0.39, 0.29) is 12.3 Å². The van der Waals surface area contributed by atoms with E-state index in [0.717, 1.165) is 12.1 Å². The van der Waals surface area contributed by atoms with Crippen molar-refractivity contribution >= 4 is 46.1 Å². The van der Waals surface area contributed by atoms with Gasteiger partial charge in [-0.05, 0) is 30.2 Å². The van der Waals surface area contributed by atoms with Crippen LogP contribution in [0.25, 0.3) is 0 Å². The summed E-state index contributed by atoms with van der Waals surface area (Å²) < 4.78 is 0. The standard InChI is InChI=1S/C19H18N4O3S/c1-2-12-5-7-13(8-6-12)21-16(24)10-14-11-27-19(22-14)23-18(26)15-4-3-9-20-17(15)25/h3-9,11,15H,2,10H2,1H3,(H,21,24)(H,22,23,26). The van der Waals surface area contributed by atoms with Gasteiger partial charge in [0.1, 0.15) is 5.92 Å². The Bertz CT molecular complexity index is 915. The summed E-state index contributed by atoms with van der Waals surface area (Å²) in [5.41, 5.74) is 2.47. The number of thiazole rings is 1. The van der Waals surface area contributed by atoms with Gasteiger partial charge in [0.05, 0.1) is 12.1 Å². The van der Waals surface area contributed by atoms with Crippen molar-refractivity contribution < 1.29 is 14.4 Å². The zero-order valence-electron chi connectivity index (χ0n) is 14.6. The third kappa shape index (κ3) is 4.95. The number of aliphatic imine (C=N–C) groups is 1. The number of benzene rings is 1. The van der Waals surface area contributed by atoms with E-state index >= 15 is 0 Å². The van der Waals surface area contributed by atoms with Crippen LogP contribution in [0.4, 0.5) is 10.8 Å².